The highest BCUT2D eigenvalue weighted by molar-refractivity contribution is 5.38. The van der Waals surface area contributed by atoms with Crippen molar-refractivity contribution in [3.63, 3.8) is 0 Å². The molecular weight excluding hydrogens is 246 g/mol. The van der Waals surface area contributed by atoms with Gasteiger partial charge in [-0.25, -0.2) is 4.98 Å². The first-order valence-corrected chi connectivity index (χ1v) is 6.38. The predicted molar refractivity (Wildman–Crippen MR) is 73.4 cm³/mol. The minimum atomic E-state index is 0.359. The number of hydrogen-bond acceptors (Lipinski definition) is 6. The van der Waals surface area contributed by atoms with Crippen LogP contribution in [-0.2, 0) is 16.1 Å². The fourth-order valence-electron chi connectivity index (χ4n) is 1.37. The standard InChI is InChI=1S/C13H23N3O3/c1-10(2)8-14-11-7-13(19-6-5-17-3)16-12(15-11)9-18-4/h7,10H,5-6,8-9H2,1-4H3,(H,14,15,16). The molecule has 0 atom stereocenters. The van der Waals surface area contributed by atoms with Crippen molar-refractivity contribution < 1.29 is 14.2 Å². The number of hydrogen-bond donors (Lipinski definition) is 1. The Balaban J connectivity index is 2.71. The zero-order valence-corrected chi connectivity index (χ0v) is 12.1. The van der Waals surface area contributed by atoms with E-state index in [0.29, 0.717) is 37.4 Å². The van der Waals surface area contributed by atoms with Gasteiger partial charge in [-0.2, -0.15) is 4.98 Å². The molecule has 0 amide bonds. The van der Waals surface area contributed by atoms with E-state index in [1.165, 1.54) is 0 Å². The molecule has 0 fully saturated rings. The minimum Gasteiger partial charge on any atom is -0.475 e. The van der Waals surface area contributed by atoms with Crippen molar-refractivity contribution in [2.75, 3.05) is 39.3 Å². The Hall–Kier alpha value is -1.40. The Bertz CT molecular complexity index is 372. The lowest BCUT2D eigenvalue weighted by Crippen LogP contribution is -2.12. The summed E-state index contributed by atoms with van der Waals surface area (Å²) in [6.45, 7) is 6.47. The molecule has 0 radical (unpaired) electrons. The van der Waals surface area contributed by atoms with Crippen LogP contribution in [0.4, 0.5) is 5.82 Å². The Morgan fingerprint density at radius 2 is 1.95 bits per heavy atom. The number of ether oxygens (including phenoxy) is 3. The van der Waals surface area contributed by atoms with Crippen molar-refractivity contribution in [2.24, 2.45) is 5.92 Å². The summed E-state index contributed by atoms with van der Waals surface area (Å²) in [6.07, 6.45) is 0. The first-order chi connectivity index (χ1) is 9.15. The predicted octanol–water partition coefficient (Wildman–Crippen LogP) is 1.72. The van der Waals surface area contributed by atoms with Crippen LogP contribution in [0.2, 0.25) is 0 Å². The molecule has 19 heavy (non-hydrogen) atoms. The van der Waals surface area contributed by atoms with Gasteiger partial charge in [-0.1, -0.05) is 13.8 Å². The summed E-state index contributed by atoms with van der Waals surface area (Å²) in [6, 6.07) is 1.79. The van der Waals surface area contributed by atoms with E-state index >= 15 is 0 Å². The molecule has 1 aromatic rings. The van der Waals surface area contributed by atoms with Gasteiger partial charge in [0.2, 0.25) is 5.88 Å². The summed E-state index contributed by atoms with van der Waals surface area (Å²) in [4.78, 5) is 8.63. The lowest BCUT2D eigenvalue weighted by atomic mass is 10.2. The van der Waals surface area contributed by atoms with Crippen LogP contribution >= 0.6 is 0 Å². The molecule has 0 aliphatic carbocycles. The molecule has 1 rings (SSSR count). The topological polar surface area (TPSA) is 65.5 Å². The van der Waals surface area contributed by atoms with E-state index in [2.05, 4.69) is 29.1 Å². The molecule has 0 aliphatic heterocycles. The average molecular weight is 269 g/mol. The van der Waals surface area contributed by atoms with E-state index in [-0.39, 0.29) is 0 Å². The summed E-state index contributed by atoms with van der Waals surface area (Å²) in [7, 11) is 3.25. The fraction of sp³-hybridized carbons (Fsp3) is 0.692. The molecule has 0 unspecified atom stereocenters. The van der Waals surface area contributed by atoms with Gasteiger partial charge in [0.1, 0.15) is 19.0 Å². The van der Waals surface area contributed by atoms with E-state index < -0.39 is 0 Å². The molecule has 6 nitrogen and oxygen atoms in total. The lowest BCUT2D eigenvalue weighted by molar-refractivity contribution is 0.142. The van der Waals surface area contributed by atoms with Crippen molar-refractivity contribution in [3.8, 4) is 5.88 Å². The molecule has 0 aliphatic rings. The normalized spacial score (nSPS) is 10.8. The number of methoxy groups -OCH3 is 2. The van der Waals surface area contributed by atoms with Crippen LogP contribution in [0.3, 0.4) is 0 Å². The van der Waals surface area contributed by atoms with E-state index in [1.807, 2.05) is 0 Å². The van der Waals surface area contributed by atoms with Gasteiger partial charge in [0.15, 0.2) is 5.82 Å². The summed E-state index contributed by atoms with van der Waals surface area (Å²) in [5.74, 6) is 2.43. The third kappa shape index (κ3) is 6.35. The van der Waals surface area contributed by atoms with Crippen LogP contribution in [0.25, 0.3) is 0 Å². The highest BCUT2D eigenvalue weighted by atomic mass is 16.5. The van der Waals surface area contributed by atoms with Crippen LogP contribution in [0.15, 0.2) is 6.07 Å². The number of aromatic nitrogens is 2. The van der Waals surface area contributed by atoms with Crippen LogP contribution in [-0.4, -0.2) is 43.9 Å². The van der Waals surface area contributed by atoms with Gasteiger partial charge in [-0.05, 0) is 5.92 Å². The van der Waals surface area contributed by atoms with E-state index in [9.17, 15) is 0 Å². The van der Waals surface area contributed by atoms with Crippen molar-refractivity contribution in [1.82, 2.24) is 9.97 Å². The smallest absolute Gasteiger partial charge is 0.218 e. The van der Waals surface area contributed by atoms with Crippen molar-refractivity contribution >= 4 is 5.82 Å². The largest absolute Gasteiger partial charge is 0.475 e. The minimum absolute atomic E-state index is 0.359. The van der Waals surface area contributed by atoms with Crippen LogP contribution in [0.5, 0.6) is 5.88 Å². The third-order valence-corrected chi connectivity index (χ3v) is 2.25. The molecule has 1 aromatic heterocycles. The maximum atomic E-state index is 5.51. The molecule has 0 saturated carbocycles. The number of anilines is 1. The SMILES string of the molecule is COCCOc1cc(NCC(C)C)nc(COC)n1. The van der Waals surface area contributed by atoms with E-state index in [0.717, 1.165) is 12.4 Å². The molecular formula is C13H23N3O3. The van der Waals surface area contributed by atoms with Gasteiger partial charge in [0.25, 0.3) is 0 Å². The van der Waals surface area contributed by atoms with Gasteiger partial charge in [-0.15, -0.1) is 0 Å². The molecule has 0 bridgehead atoms. The number of nitrogens with one attached hydrogen (secondary N) is 1. The summed E-state index contributed by atoms with van der Waals surface area (Å²) >= 11 is 0. The first-order valence-electron chi connectivity index (χ1n) is 6.38. The molecule has 1 heterocycles. The molecule has 0 saturated heterocycles. The summed E-state index contributed by atoms with van der Waals surface area (Å²) in [5, 5.41) is 3.26. The van der Waals surface area contributed by atoms with E-state index in [1.54, 1.807) is 20.3 Å². The summed E-state index contributed by atoms with van der Waals surface area (Å²) in [5.41, 5.74) is 0. The first kappa shape index (κ1) is 15.7. The van der Waals surface area contributed by atoms with Crippen molar-refractivity contribution in [3.05, 3.63) is 11.9 Å². The zero-order valence-electron chi connectivity index (χ0n) is 12.1. The molecule has 0 aromatic carbocycles. The highest BCUT2D eigenvalue weighted by Gasteiger charge is 2.06. The maximum absolute atomic E-state index is 5.51. The maximum Gasteiger partial charge on any atom is 0.218 e. The monoisotopic (exact) mass is 269 g/mol. The number of nitrogens with zero attached hydrogens (tertiary/aromatic N) is 2. The van der Waals surface area contributed by atoms with Crippen molar-refractivity contribution in [1.29, 1.82) is 0 Å². The molecule has 0 spiro atoms. The van der Waals surface area contributed by atoms with Gasteiger partial charge in [0, 0.05) is 26.8 Å². The second kappa shape index (κ2) is 8.66. The van der Waals surface area contributed by atoms with Crippen LogP contribution in [0.1, 0.15) is 19.7 Å². The quantitative estimate of drug-likeness (QED) is 0.689. The fourth-order valence-corrected chi connectivity index (χ4v) is 1.37. The third-order valence-electron chi connectivity index (χ3n) is 2.25. The van der Waals surface area contributed by atoms with Crippen molar-refractivity contribution in [2.45, 2.75) is 20.5 Å². The van der Waals surface area contributed by atoms with Gasteiger partial charge < -0.3 is 19.5 Å². The van der Waals surface area contributed by atoms with E-state index in [4.69, 9.17) is 14.2 Å². The second-order valence-electron chi connectivity index (χ2n) is 4.56. The Morgan fingerprint density at radius 3 is 2.58 bits per heavy atom. The molecule has 1 N–H and O–H groups in total. The number of rotatable bonds is 9. The Labute approximate surface area is 114 Å². The lowest BCUT2D eigenvalue weighted by Gasteiger charge is -2.11. The Morgan fingerprint density at radius 1 is 1.16 bits per heavy atom. The second-order valence-corrected chi connectivity index (χ2v) is 4.56. The summed E-state index contributed by atoms with van der Waals surface area (Å²) < 4.78 is 15.5. The average Bonchev–Trinajstić information content (AvgIpc) is 2.37. The highest BCUT2D eigenvalue weighted by Crippen LogP contribution is 2.14. The van der Waals surface area contributed by atoms with Gasteiger partial charge in [0.05, 0.1) is 6.61 Å². The molecule has 108 valence electrons. The van der Waals surface area contributed by atoms with Crippen LogP contribution in [0, 0.1) is 5.92 Å². The molecule has 6 heteroatoms. The Kier molecular flexibility index (Phi) is 7.14. The zero-order chi connectivity index (χ0) is 14.1. The van der Waals surface area contributed by atoms with Gasteiger partial charge >= 0.3 is 0 Å². The van der Waals surface area contributed by atoms with Gasteiger partial charge in [-0.3, -0.25) is 0 Å². The van der Waals surface area contributed by atoms with Crippen LogP contribution < -0.4 is 10.1 Å².